The van der Waals surface area contributed by atoms with Gasteiger partial charge < -0.3 is 4.74 Å². The Labute approximate surface area is 136 Å². The maximum absolute atomic E-state index is 12.3. The van der Waals surface area contributed by atoms with Crippen LogP contribution in [0.5, 0.6) is 0 Å². The first-order chi connectivity index (χ1) is 10.9. The third-order valence-corrected chi connectivity index (χ3v) is 4.53. The number of morpholine rings is 1. The number of hydrogen-bond acceptors (Lipinski definition) is 5. The molecule has 1 fully saturated rings. The van der Waals surface area contributed by atoms with Crippen molar-refractivity contribution in [2.45, 2.75) is 32.4 Å². The third-order valence-electron chi connectivity index (χ3n) is 4.53. The Morgan fingerprint density at radius 2 is 2.26 bits per heavy atom. The lowest BCUT2D eigenvalue weighted by atomic mass is 9.69. The average Bonchev–Trinajstić information content (AvgIpc) is 2.52. The quantitative estimate of drug-likeness (QED) is 0.837. The van der Waals surface area contributed by atoms with E-state index in [1.165, 1.54) is 0 Å². The molecule has 0 aromatic carbocycles. The predicted octanol–water partition coefficient (Wildman–Crippen LogP) is 2.10. The van der Waals surface area contributed by atoms with E-state index in [1.54, 1.807) is 12.3 Å². The van der Waals surface area contributed by atoms with Crippen molar-refractivity contribution in [3.8, 4) is 6.07 Å². The van der Waals surface area contributed by atoms with Gasteiger partial charge in [0.1, 0.15) is 11.7 Å². The van der Waals surface area contributed by atoms with Crippen molar-refractivity contribution in [2.75, 3.05) is 19.7 Å². The Morgan fingerprint density at radius 3 is 2.96 bits per heavy atom. The van der Waals surface area contributed by atoms with Gasteiger partial charge in [-0.25, -0.2) is 0 Å². The molecule has 23 heavy (non-hydrogen) atoms. The summed E-state index contributed by atoms with van der Waals surface area (Å²) in [5.74, 6) is -0.0870. The van der Waals surface area contributed by atoms with Crippen LogP contribution in [-0.2, 0) is 16.1 Å². The molecule has 3 rings (SSSR count). The minimum absolute atomic E-state index is 0.0870. The summed E-state index contributed by atoms with van der Waals surface area (Å²) in [6, 6.07) is 7.94. The topological polar surface area (TPSA) is 66.2 Å². The Balaban J connectivity index is 1.83. The molecule has 0 amide bonds. The number of ether oxygens (including phenoxy) is 1. The van der Waals surface area contributed by atoms with Crippen molar-refractivity contribution < 1.29 is 9.53 Å². The summed E-state index contributed by atoms with van der Waals surface area (Å²) in [7, 11) is 0. The molecule has 2 aliphatic rings. The predicted molar refractivity (Wildman–Crippen MR) is 85.3 cm³/mol. The number of pyridine rings is 1. The lowest BCUT2D eigenvalue weighted by molar-refractivity contribution is -0.137. The smallest absolute Gasteiger partial charge is 0.178 e. The largest absolute Gasteiger partial charge is 0.368 e. The molecular formula is C18H21N3O2. The van der Waals surface area contributed by atoms with E-state index in [0.29, 0.717) is 19.6 Å². The molecule has 1 spiro atoms. The van der Waals surface area contributed by atoms with Crippen molar-refractivity contribution in [3.63, 3.8) is 0 Å². The molecule has 0 saturated carbocycles. The zero-order valence-electron chi connectivity index (χ0n) is 13.6. The fraction of sp³-hybridized carbons (Fsp3) is 0.500. The number of carbonyl (C=O) groups is 1. The number of hydrogen-bond donors (Lipinski definition) is 0. The highest BCUT2D eigenvalue weighted by Gasteiger charge is 2.47. The molecule has 5 heteroatoms. The monoisotopic (exact) mass is 311 g/mol. The van der Waals surface area contributed by atoms with Crippen LogP contribution in [0.25, 0.3) is 0 Å². The molecule has 0 N–H and O–H groups in total. The van der Waals surface area contributed by atoms with Crippen LogP contribution in [0.2, 0.25) is 0 Å². The highest BCUT2D eigenvalue weighted by molar-refractivity contribution is 6.03. The van der Waals surface area contributed by atoms with Crippen LogP contribution < -0.4 is 0 Å². The van der Waals surface area contributed by atoms with Gasteiger partial charge in [-0.2, -0.15) is 5.26 Å². The SMILES string of the molecule is CC1(C)CC2(C=C(C#N)C1=O)CN(Cc1ccccn1)CCO2. The van der Waals surface area contributed by atoms with Gasteiger partial charge in [0, 0.05) is 31.2 Å². The Bertz CT molecular complexity index is 675. The van der Waals surface area contributed by atoms with Crippen molar-refractivity contribution in [1.29, 1.82) is 5.26 Å². The average molecular weight is 311 g/mol. The number of allylic oxidation sites excluding steroid dienone is 1. The van der Waals surface area contributed by atoms with Crippen molar-refractivity contribution >= 4 is 5.78 Å². The summed E-state index contributed by atoms with van der Waals surface area (Å²) in [4.78, 5) is 19.0. The third kappa shape index (κ3) is 3.19. The Morgan fingerprint density at radius 1 is 1.43 bits per heavy atom. The maximum atomic E-state index is 12.3. The van der Waals surface area contributed by atoms with Gasteiger partial charge in [0.25, 0.3) is 0 Å². The second-order valence-corrected chi connectivity index (χ2v) is 7.00. The zero-order chi connectivity index (χ0) is 16.5. The van der Waals surface area contributed by atoms with E-state index in [2.05, 4.69) is 9.88 Å². The van der Waals surface area contributed by atoms with E-state index in [1.807, 2.05) is 38.1 Å². The zero-order valence-corrected chi connectivity index (χ0v) is 13.6. The van der Waals surface area contributed by atoms with Crippen molar-refractivity contribution in [3.05, 3.63) is 41.7 Å². The highest BCUT2D eigenvalue weighted by atomic mass is 16.5. The minimum atomic E-state index is -0.576. The second kappa shape index (κ2) is 5.88. The van der Waals surface area contributed by atoms with Gasteiger partial charge in [0.15, 0.2) is 5.78 Å². The van der Waals surface area contributed by atoms with Crippen LogP contribution in [0, 0.1) is 16.7 Å². The molecule has 1 atom stereocenters. The van der Waals surface area contributed by atoms with Crippen LogP contribution in [0.1, 0.15) is 26.0 Å². The lowest BCUT2D eigenvalue weighted by Gasteiger charge is -2.46. The number of ketones is 1. The van der Waals surface area contributed by atoms with Crippen LogP contribution >= 0.6 is 0 Å². The molecule has 1 aliphatic heterocycles. The van der Waals surface area contributed by atoms with E-state index < -0.39 is 11.0 Å². The summed E-state index contributed by atoms with van der Waals surface area (Å²) in [5.41, 5.74) is 0.102. The first-order valence-corrected chi connectivity index (χ1v) is 7.88. The molecule has 0 bridgehead atoms. The molecule has 1 unspecified atom stereocenters. The standard InChI is InChI=1S/C18H21N3O2/c1-17(2)12-18(9-14(10-19)16(17)22)13-21(7-8-23-18)11-15-5-3-4-6-20-15/h3-6,9H,7-8,11-13H2,1-2H3. The summed E-state index contributed by atoms with van der Waals surface area (Å²) in [6.45, 7) is 6.61. The van der Waals surface area contributed by atoms with Gasteiger partial charge in [0.05, 0.1) is 17.9 Å². The molecule has 120 valence electrons. The molecule has 1 aromatic rings. The molecule has 1 aliphatic carbocycles. The molecule has 1 aromatic heterocycles. The van der Waals surface area contributed by atoms with Crippen LogP contribution in [-0.4, -0.2) is 41.0 Å². The van der Waals surface area contributed by atoms with Crippen LogP contribution in [0.4, 0.5) is 0 Å². The van der Waals surface area contributed by atoms with Gasteiger partial charge in [-0.15, -0.1) is 0 Å². The van der Waals surface area contributed by atoms with E-state index in [4.69, 9.17) is 4.74 Å². The Kier molecular flexibility index (Phi) is 4.05. The molecule has 0 radical (unpaired) electrons. The first-order valence-electron chi connectivity index (χ1n) is 7.88. The molecule has 1 saturated heterocycles. The van der Waals surface area contributed by atoms with E-state index >= 15 is 0 Å². The molecular weight excluding hydrogens is 290 g/mol. The molecule has 2 heterocycles. The number of Topliss-reactive ketones (excluding diaryl/α,β-unsaturated/α-hetero) is 1. The van der Waals surface area contributed by atoms with Gasteiger partial charge in [0.2, 0.25) is 0 Å². The Hall–Kier alpha value is -2.03. The van der Waals surface area contributed by atoms with Crippen LogP contribution in [0.15, 0.2) is 36.0 Å². The van der Waals surface area contributed by atoms with Gasteiger partial charge >= 0.3 is 0 Å². The summed E-state index contributed by atoms with van der Waals surface area (Å²) in [5, 5.41) is 9.29. The minimum Gasteiger partial charge on any atom is -0.368 e. The molecule has 5 nitrogen and oxygen atoms in total. The van der Waals surface area contributed by atoms with E-state index in [0.717, 1.165) is 18.8 Å². The number of nitrogens with zero attached hydrogens (tertiary/aromatic N) is 3. The maximum Gasteiger partial charge on any atom is 0.178 e. The van der Waals surface area contributed by atoms with Crippen molar-refractivity contribution in [2.24, 2.45) is 5.41 Å². The van der Waals surface area contributed by atoms with Crippen LogP contribution in [0.3, 0.4) is 0 Å². The van der Waals surface area contributed by atoms with E-state index in [9.17, 15) is 10.1 Å². The van der Waals surface area contributed by atoms with Gasteiger partial charge in [-0.3, -0.25) is 14.7 Å². The van der Waals surface area contributed by atoms with Gasteiger partial charge in [-0.1, -0.05) is 19.9 Å². The normalized spacial score (nSPS) is 27.5. The first kappa shape index (κ1) is 15.9. The fourth-order valence-electron chi connectivity index (χ4n) is 3.59. The fourth-order valence-corrected chi connectivity index (χ4v) is 3.59. The van der Waals surface area contributed by atoms with E-state index in [-0.39, 0.29) is 11.4 Å². The van der Waals surface area contributed by atoms with Gasteiger partial charge in [-0.05, 0) is 24.6 Å². The van der Waals surface area contributed by atoms with Crippen molar-refractivity contribution in [1.82, 2.24) is 9.88 Å². The number of rotatable bonds is 2. The highest BCUT2D eigenvalue weighted by Crippen LogP contribution is 2.41. The summed E-state index contributed by atoms with van der Waals surface area (Å²) >= 11 is 0. The number of nitriles is 1. The lowest BCUT2D eigenvalue weighted by Crippen LogP contribution is -2.55. The number of aromatic nitrogens is 1. The second-order valence-electron chi connectivity index (χ2n) is 7.00. The number of carbonyl (C=O) groups excluding carboxylic acids is 1. The summed E-state index contributed by atoms with van der Waals surface area (Å²) in [6.07, 6.45) is 4.13. The summed E-state index contributed by atoms with van der Waals surface area (Å²) < 4.78 is 6.05.